The highest BCUT2D eigenvalue weighted by atomic mass is 35.5. The van der Waals surface area contributed by atoms with Crippen LogP contribution in [0.5, 0.6) is 0 Å². The maximum absolute atomic E-state index is 13.1. The van der Waals surface area contributed by atoms with E-state index >= 15 is 0 Å². The number of hydrogen-bond donors (Lipinski definition) is 1. The Balaban J connectivity index is 1.55. The van der Waals surface area contributed by atoms with Crippen LogP contribution in [-0.2, 0) is 16.6 Å². The monoisotopic (exact) mass is 432 g/mol. The molecule has 0 radical (unpaired) electrons. The molecule has 3 aromatic rings. The number of anilines is 1. The van der Waals surface area contributed by atoms with E-state index in [4.69, 9.17) is 11.6 Å². The molecule has 9 heteroatoms. The van der Waals surface area contributed by atoms with Crippen LogP contribution in [-0.4, -0.2) is 33.9 Å². The van der Waals surface area contributed by atoms with E-state index in [0.717, 1.165) is 28.4 Å². The van der Waals surface area contributed by atoms with Gasteiger partial charge in [0.05, 0.1) is 0 Å². The van der Waals surface area contributed by atoms with Crippen LogP contribution in [0.25, 0.3) is 21.8 Å². The van der Waals surface area contributed by atoms with Crippen LogP contribution in [0.1, 0.15) is 6.92 Å². The zero-order valence-corrected chi connectivity index (χ0v) is 17.3. The van der Waals surface area contributed by atoms with Gasteiger partial charge in [-0.2, -0.15) is 0 Å². The number of aromatic nitrogens is 1. The number of para-hydroxylation sites is 1. The number of thioether (sulfide) groups is 1. The van der Waals surface area contributed by atoms with Crippen LogP contribution in [0, 0.1) is 0 Å². The number of rotatable bonds is 4. The Morgan fingerprint density at radius 1 is 1.18 bits per heavy atom. The van der Waals surface area contributed by atoms with Gasteiger partial charge in [-0.25, -0.2) is 13.4 Å². The van der Waals surface area contributed by atoms with Crippen LogP contribution < -0.4 is 4.72 Å². The van der Waals surface area contributed by atoms with Crippen LogP contribution >= 0.6 is 23.4 Å². The Kier molecular flexibility index (Phi) is 4.12. The van der Waals surface area contributed by atoms with E-state index in [9.17, 15) is 8.42 Å². The van der Waals surface area contributed by atoms with Gasteiger partial charge in [-0.1, -0.05) is 41.6 Å². The third-order valence-corrected chi connectivity index (χ3v) is 7.94. The molecule has 3 heterocycles. The SMILES string of the molecule is CCn1c2ccccc2c2cc(NS(=O)(=O)C3C(Cl)N=C4SC=CN43)ccc21. The van der Waals surface area contributed by atoms with Crippen LogP contribution in [0.15, 0.2) is 59.1 Å². The van der Waals surface area contributed by atoms with Crippen LogP contribution in [0.4, 0.5) is 5.69 Å². The Bertz CT molecular complexity index is 1270. The van der Waals surface area contributed by atoms with E-state index in [1.54, 1.807) is 22.6 Å². The Labute approximate surface area is 171 Å². The maximum atomic E-state index is 13.1. The molecular weight excluding hydrogens is 416 g/mol. The lowest BCUT2D eigenvalue weighted by Gasteiger charge is -2.23. The zero-order chi connectivity index (χ0) is 19.5. The van der Waals surface area contributed by atoms with E-state index < -0.39 is 20.9 Å². The van der Waals surface area contributed by atoms with Crippen molar-refractivity contribution in [1.82, 2.24) is 9.47 Å². The van der Waals surface area contributed by atoms with Gasteiger partial charge in [-0.05, 0) is 36.6 Å². The number of sulfonamides is 1. The van der Waals surface area contributed by atoms with Crippen molar-refractivity contribution in [3.8, 4) is 0 Å². The first kappa shape index (κ1) is 17.9. The molecule has 2 aromatic carbocycles. The summed E-state index contributed by atoms with van der Waals surface area (Å²) in [6.07, 6.45) is 1.70. The number of amidine groups is 1. The first-order valence-electron chi connectivity index (χ1n) is 8.86. The molecule has 0 aliphatic carbocycles. The van der Waals surface area contributed by atoms with Crippen molar-refractivity contribution in [3.05, 3.63) is 54.1 Å². The molecular formula is C19H17ClN4O2S2. The number of fused-ring (bicyclic) bond motifs is 4. The van der Waals surface area contributed by atoms with Gasteiger partial charge in [-0.15, -0.1) is 0 Å². The van der Waals surface area contributed by atoms with Gasteiger partial charge in [0.25, 0.3) is 10.0 Å². The van der Waals surface area contributed by atoms with E-state index in [1.807, 2.05) is 24.3 Å². The molecule has 0 amide bonds. The lowest BCUT2D eigenvalue weighted by atomic mass is 10.1. The van der Waals surface area contributed by atoms with Gasteiger partial charge in [0.15, 0.2) is 16.0 Å². The summed E-state index contributed by atoms with van der Waals surface area (Å²) in [6, 6.07) is 13.8. The molecule has 1 aromatic heterocycles. The first-order chi connectivity index (χ1) is 13.5. The van der Waals surface area contributed by atoms with Crippen molar-refractivity contribution in [2.75, 3.05) is 4.72 Å². The molecule has 0 saturated heterocycles. The van der Waals surface area contributed by atoms with Crippen molar-refractivity contribution in [3.63, 3.8) is 0 Å². The fraction of sp³-hybridized carbons (Fsp3) is 0.211. The molecule has 0 fully saturated rings. The number of hydrogen-bond acceptors (Lipinski definition) is 5. The summed E-state index contributed by atoms with van der Waals surface area (Å²) in [6.45, 7) is 2.94. The maximum Gasteiger partial charge on any atom is 0.257 e. The molecule has 2 unspecified atom stereocenters. The van der Waals surface area contributed by atoms with E-state index in [1.165, 1.54) is 11.8 Å². The van der Waals surface area contributed by atoms with Crippen molar-refractivity contribution >= 4 is 66.0 Å². The standard InChI is InChI=1S/C19H17ClN4O2S2/c1-2-23-15-6-4-3-5-13(15)14-11-12(7-8-16(14)23)22-28(25,26)18-17(20)21-19-24(18)9-10-27-19/h3-11,17-18,22H,2H2,1H3. The van der Waals surface area contributed by atoms with Gasteiger partial charge in [0.1, 0.15) is 0 Å². The Hall–Kier alpha value is -2.16. The number of nitrogens with zero attached hydrogens (tertiary/aromatic N) is 3. The summed E-state index contributed by atoms with van der Waals surface area (Å²) >= 11 is 7.59. The third-order valence-electron chi connectivity index (χ3n) is 5.03. The van der Waals surface area contributed by atoms with Gasteiger partial charge < -0.3 is 9.47 Å². The minimum Gasteiger partial charge on any atom is -0.341 e. The van der Waals surface area contributed by atoms with Crippen molar-refractivity contribution in [2.24, 2.45) is 4.99 Å². The molecule has 0 saturated carbocycles. The van der Waals surface area contributed by atoms with Gasteiger partial charge in [-0.3, -0.25) is 4.72 Å². The molecule has 28 heavy (non-hydrogen) atoms. The normalized spacial score (nSPS) is 21.5. The largest absolute Gasteiger partial charge is 0.341 e. The Morgan fingerprint density at radius 2 is 1.96 bits per heavy atom. The first-order valence-corrected chi connectivity index (χ1v) is 11.7. The summed E-state index contributed by atoms with van der Waals surface area (Å²) in [5.74, 6) is 0. The summed E-state index contributed by atoms with van der Waals surface area (Å²) in [5.41, 5.74) is 1.87. The van der Waals surface area contributed by atoms with E-state index in [2.05, 4.69) is 33.3 Å². The predicted molar refractivity (Wildman–Crippen MR) is 117 cm³/mol. The fourth-order valence-corrected chi connectivity index (χ4v) is 6.78. The Morgan fingerprint density at radius 3 is 2.79 bits per heavy atom. The lowest BCUT2D eigenvalue weighted by Crippen LogP contribution is -2.42. The van der Waals surface area contributed by atoms with E-state index in [-0.39, 0.29) is 0 Å². The minimum atomic E-state index is -3.78. The third kappa shape index (κ3) is 2.62. The second kappa shape index (κ2) is 6.43. The number of halogens is 1. The molecule has 1 N–H and O–H groups in total. The van der Waals surface area contributed by atoms with Gasteiger partial charge in [0, 0.05) is 40.2 Å². The van der Waals surface area contributed by atoms with Crippen molar-refractivity contribution in [2.45, 2.75) is 24.3 Å². The fourth-order valence-electron chi connectivity index (χ4n) is 3.85. The number of nitrogens with one attached hydrogen (secondary N) is 1. The number of alkyl halides is 1. The van der Waals surface area contributed by atoms with Crippen molar-refractivity contribution < 1.29 is 8.42 Å². The number of benzene rings is 2. The van der Waals surface area contributed by atoms with Crippen LogP contribution in [0.2, 0.25) is 0 Å². The second-order valence-electron chi connectivity index (χ2n) is 6.63. The second-order valence-corrected chi connectivity index (χ2v) is 9.72. The topological polar surface area (TPSA) is 66.7 Å². The number of aryl methyl sites for hydroxylation is 1. The average molecular weight is 433 g/mol. The smallest absolute Gasteiger partial charge is 0.257 e. The minimum absolute atomic E-state index is 0.514. The summed E-state index contributed by atoms with van der Waals surface area (Å²) in [7, 11) is -3.78. The zero-order valence-electron chi connectivity index (χ0n) is 14.9. The highest BCUT2D eigenvalue weighted by molar-refractivity contribution is 8.16. The van der Waals surface area contributed by atoms with Crippen molar-refractivity contribution in [1.29, 1.82) is 0 Å². The summed E-state index contributed by atoms with van der Waals surface area (Å²) in [5, 5.41) is 3.55. The molecule has 144 valence electrons. The highest BCUT2D eigenvalue weighted by Crippen LogP contribution is 2.36. The number of aliphatic imine (C=N–C) groups is 1. The van der Waals surface area contributed by atoms with Gasteiger partial charge in [0.2, 0.25) is 0 Å². The molecule has 0 spiro atoms. The molecule has 6 nitrogen and oxygen atoms in total. The quantitative estimate of drug-likeness (QED) is 0.492. The molecule has 2 aliphatic rings. The van der Waals surface area contributed by atoms with E-state index in [0.29, 0.717) is 10.9 Å². The molecule has 2 atom stereocenters. The highest BCUT2D eigenvalue weighted by Gasteiger charge is 2.45. The van der Waals surface area contributed by atoms with Gasteiger partial charge >= 0.3 is 0 Å². The predicted octanol–water partition coefficient (Wildman–Crippen LogP) is 4.34. The van der Waals surface area contributed by atoms with Crippen LogP contribution in [0.3, 0.4) is 0 Å². The lowest BCUT2D eigenvalue weighted by molar-refractivity contribution is 0.504. The molecule has 2 aliphatic heterocycles. The summed E-state index contributed by atoms with van der Waals surface area (Å²) < 4.78 is 31.0. The average Bonchev–Trinajstić information content (AvgIpc) is 3.31. The molecule has 0 bridgehead atoms. The summed E-state index contributed by atoms with van der Waals surface area (Å²) in [4.78, 5) is 5.83. The molecule has 5 rings (SSSR count).